The molecule has 0 saturated heterocycles. The van der Waals surface area contributed by atoms with E-state index in [1.807, 2.05) is 31.2 Å². The van der Waals surface area contributed by atoms with Gasteiger partial charge in [-0.1, -0.05) is 29.8 Å². The minimum atomic E-state index is -0.719. The summed E-state index contributed by atoms with van der Waals surface area (Å²) in [6.07, 6.45) is 0.787. The predicted molar refractivity (Wildman–Crippen MR) is 54.9 cm³/mol. The molecule has 1 aliphatic carbocycles. The van der Waals surface area contributed by atoms with Crippen LogP contribution >= 0.6 is 0 Å². The zero-order valence-electron chi connectivity index (χ0n) is 8.35. The van der Waals surface area contributed by atoms with E-state index in [0.717, 1.165) is 18.4 Å². The van der Waals surface area contributed by atoms with Gasteiger partial charge in [0, 0.05) is 0 Å². The molecular weight excluding hydrogens is 176 g/mol. The van der Waals surface area contributed by atoms with E-state index in [2.05, 4.69) is 0 Å². The van der Waals surface area contributed by atoms with Gasteiger partial charge in [-0.2, -0.15) is 0 Å². The van der Waals surface area contributed by atoms with Gasteiger partial charge < -0.3 is 10.2 Å². The maximum absolute atomic E-state index is 9.84. The lowest BCUT2D eigenvalue weighted by atomic mass is 10.0. The second-order valence-corrected chi connectivity index (χ2v) is 4.18. The van der Waals surface area contributed by atoms with Crippen LogP contribution in [0.15, 0.2) is 24.3 Å². The van der Waals surface area contributed by atoms with Gasteiger partial charge in [-0.25, -0.2) is 0 Å². The number of aliphatic hydroxyl groups is 2. The Morgan fingerprint density at radius 3 is 2.21 bits per heavy atom. The van der Waals surface area contributed by atoms with Crippen LogP contribution in [-0.4, -0.2) is 16.3 Å². The molecule has 14 heavy (non-hydrogen) atoms. The van der Waals surface area contributed by atoms with Gasteiger partial charge in [0.2, 0.25) is 0 Å². The van der Waals surface area contributed by atoms with Crippen LogP contribution in [0.4, 0.5) is 0 Å². The quantitative estimate of drug-likeness (QED) is 0.766. The van der Waals surface area contributed by atoms with Crippen molar-refractivity contribution in [2.24, 2.45) is 5.92 Å². The molecule has 0 aromatic heterocycles. The molecule has 1 aromatic carbocycles. The first-order valence-electron chi connectivity index (χ1n) is 5.11. The number of rotatable bonds is 3. The summed E-state index contributed by atoms with van der Waals surface area (Å²) in [6.45, 7) is 2.01. The third-order valence-electron chi connectivity index (χ3n) is 2.85. The summed E-state index contributed by atoms with van der Waals surface area (Å²) in [4.78, 5) is 0. The Morgan fingerprint density at radius 1 is 1.14 bits per heavy atom. The van der Waals surface area contributed by atoms with Gasteiger partial charge in [0.1, 0.15) is 6.10 Å². The first-order chi connectivity index (χ1) is 6.68. The van der Waals surface area contributed by atoms with Gasteiger partial charge in [-0.3, -0.25) is 0 Å². The van der Waals surface area contributed by atoms with E-state index in [1.54, 1.807) is 0 Å². The molecule has 0 aliphatic heterocycles. The van der Waals surface area contributed by atoms with Crippen LogP contribution in [0, 0.1) is 12.8 Å². The van der Waals surface area contributed by atoms with E-state index in [-0.39, 0.29) is 0 Å². The van der Waals surface area contributed by atoms with Crippen molar-refractivity contribution < 1.29 is 10.2 Å². The normalized spacial score (nSPS) is 20.5. The van der Waals surface area contributed by atoms with E-state index in [0.29, 0.717) is 5.92 Å². The van der Waals surface area contributed by atoms with Crippen LogP contribution < -0.4 is 0 Å². The SMILES string of the molecule is Cc1ccc(C(O)C(O)C2CC2)cc1. The molecule has 0 heterocycles. The van der Waals surface area contributed by atoms with E-state index < -0.39 is 12.2 Å². The summed E-state index contributed by atoms with van der Waals surface area (Å²) in [5, 5.41) is 19.6. The zero-order chi connectivity index (χ0) is 10.1. The first kappa shape index (κ1) is 9.69. The molecule has 0 radical (unpaired) electrons. The van der Waals surface area contributed by atoms with Gasteiger partial charge in [0.15, 0.2) is 0 Å². The Bertz CT molecular complexity index is 301. The minimum absolute atomic E-state index is 0.311. The summed E-state index contributed by atoms with van der Waals surface area (Å²) in [7, 11) is 0. The van der Waals surface area contributed by atoms with Crippen LogP contribution in [0.5, 0.6) is 0 Å². The van der Waals surface area contributed by atoms with Crippen LogP contribution in [0.2, 0.25) is 0 Å². The number of benzene rings is 1. The highest BCUT2D eigenvalue weighted by Crippen LogP contribution is 2.37. The number of aliphatic hydroxyl groups excluding tert-OH is 2. The van der Waals surface area contributed by atoms with E-state index >= 15 is 0 Å². The predicted octanol–water partition coefficient (Wildman–Crippen LogP) is 1.80. The Kier molecular flexibility index (Phi) is 2.57. The van der Waals surface area contributed by atoms with Crippen molar-refractivity contribution in [3.8, 4) is 0 Å². The topological polar surface area (TPSA) is 40.5 Å². The van der Waals surface area contributed by atoms with Gasteiger partial charge in [-0.15, -0.1) is 0 Å². The van der Waals surface area contributed by atoms with Crippen molar-refractivity contribution in [3.63, 3.8) is 0 Å². The van der Waals surface area contributed by atoms with Gasteiger partial charge >= 0.3 is 0 Å². The van der Waals surface area contributed by atoms with Crippen LogP contribution in [0.1, 0.15) is 30.1 Å². The molecule has 1 aromatic rings. The van der Waals surface area contributed by atoms with Crippen molar-refractivity contribution in [1.82, 2.24) is 0 Å². The zero-order valence-corrected chi connectivity index (χ0v) is 8.35. The smallest absolute Gasteiger partial charge is 0.105 e. The minimum Gasteiger partial charge on any atom is -0.390 e. The molecule has 2 heteroatoms. The lowest BCUT2D eigenvalue weighted by Crippen LogP contribution is -2.20. The Balaban J connectivity index is 2.09. The van der Waals surface area contributed by atoms with E-state index in [1.165, 1.54) is 5.56 Å². The molecular formula is C12H16O2. The van der Waals surface area contributed by atoms with Gasteiger partial charge in [0.25, 0.3) is 0 Å². The first-order valence-corrected chi connectivity index (χ1v) is 5.11. The molecule has 2 nitrogen and oxygen atoms in total. The van der Waals surface area contributed by atoms with Crippen LogP contribution in [-0.2, 0) is 0 Å². The van der Waals surface area contributed by atoms with E-state index in [9.17, 15) is 10.2 Å². The van der Waals surface area contributed by atoms with Crippen molar-refractivity contribution in [2.45, 2.75) is 32.0 Å². The highest BCUT2D eigenvalue weighted by atomic mass is 16.3. The third kappa shape index (κ3) is 1.97. The third-order valence-corrected chi connectivity index (χ3v) is 2.85. The molecule has 2 atom stereocenters. The largest absolute Gasteiger partial charge is 0.390 e. The summed E-state index contributed by atoms with van der Waals surface area (Å²) in [5.41, 5.74) is 1.98. The molecule has 1 fully saturated rings. The number of aryl methyl sites for hydroxylation is 1. The molecule has 2 rings (SSSR count). The highest BCUT2D eigenvalue weighted by molar-refractivity contribution is 5.24. The van der Waals surface area contributed by atoms with E-state index in [4.69, 9.17) is 0 Å². The standard InChI is InChI=1S/C12H16O2/c1-8-2-4-9(5-3-8)11(13)12(14)10-6-7-10/h2-5,10-14H,6-7H2,1H3. The van der Waals surface area contributed by atoms with Gasteiger partial charge in [0.05, 0.1) is 6.10 Å². The maximum Gasteiger partial charge on any atom is 0.105 e. The fourth-order valence-electron chi connectivity index (χ4n) is 1.66. The second-order valence-electron chi connectivity index (χ2n) is 4.18. The Labute approximate surface area is 84.2 Å². The average Bonchev–Trinajstić information content (AvgIpc) is 3.00. The average molecular weight is 192 g/mol. The fraction of sp³-hybridized carbons (Fsp3) is 0.500. The maximum atomic E-state index is 9.84. The molecule has 0 spiro atoms. The Morgan fingerprint density at radius 2 is 1.71 bits per heavy atom. The molecule has 1 saturated carbocycles. The second kappa shape index (κ2) is 3.71. The van der Waals surface area contributed by atoms with Crippen molar-refractivity contribution in [2.75, 3.05) is 0 Å². The molecule has 0 bridgehead atoms. The molecule has 76 valence electrons. The molecule has 2 N–H and O–H groups in total. The molecule has 0 amide bonds. The van der Waals surface area contributed by atoms with Crippen molar-refractivity contribution in [3.05, 3.63) is 35.4 Å². The molecule has 2 unspecified atom stereocenters. The fourth-order valence-corrected chi connectivity index (χ4v) is 1.66. The van der Waals surface area contributed by atoms with Crippen molar-refractivity contribution >= 4 is 0 Å². The number of hydrogen-bond donors (Lipinski definition) is 2. The highest BCUT2D eigenvalue weighted by Gasteiger charge is 2.34. The summed E-state index contributed by atoms with van der Waals surface area (Å²) >= 11 is 0. The monoisotopic (exact) mass is 192 g/mol. The Hall–Kier alpha value is -0.860. The molecule has 1 aliphatic rings. The van der Waals surface area contributed by atoms with Crippen molar-refractivity contribution in [1.29, 1.82) is 0 Å². The van der Waals surface area contributed by atoms with Gasteiger partial charge in [-0.05, 0) is 31.2 Å². The van der Waals surface area contributed by atoms with Crippen LogP contribution in [0.25, 0.3) is 0 Å². The number of hydrogen-bond acceptors (Lipinski definition) is 2. The summed E-state index contributed by atoms with van der Waals surface area (Å²) in [5.74, 6) is 0.311. The lowest BCUT2D eigenvalue weighted by molar-refractivity contribution is 0.00484. The van der Waals surface area contributed by atoms with Crippen LogP contribution in [0.3, 0.4) is 0 Å². The lowest BCUT2D eigenvalue weighted by Gasteiger charge is -2.17. The summed E-state index contributed by atoms with van der Waals surface area (Å²) < 4.78 is 0. The summed E-state index contributed by atoms with van der Waals surface area (Å²) in [6, 6.07) is 7.67.